The minimum absolute atomic E-state index is 0. The van der Waals surface area contributed by atoms with Crippen LogP contribution in [0.5, 0.6) is 0 Å². The van der Waals surface area contributed by atoms with Gasteiger partial charge in [-0.3, -0.25) is 0 Å². The Bertz CT molecular complexity index is 5330. The zero-order valence-corrected chi connectivity index (χ0v) is 67.0. The maximum absolute atomic E-state index is 4.56. The third-order valence-corrected chi connectivity index (χ3v) is 17.8. The Kier molecular flexibility index (Phi) is 28.1. The van der Waals surface area contributed by atoms with Crippen LogP contribution >= 0.6 is 0 Å². The molecule has 8 aromatic heterocycles. The number of fused-ring (bicyclic) bond motifs is 6. The summed E-state index contributed by atoms with van der Waals surface area (Å²) in [5, 5.41) is 5.15. The molecule has 538 valence electrons. The van der Waals surface area contributed by atoms with Crippen LogP contribution in [-0.4, -0.2) is 29.1 Å². The summed E-state index contributed by atoms with van der Waals surface area (Å²) in [5.74, 6) is 1.19. The molecule has 0 saturated carbocycles. The molecule has 0 saturated heterocycles. The van der Waals surface area contributed by atoms with Crippen LogP contribution in [0.15, 0.2) is 279 Å². The Labute approximate surface area is 655 Å². The van der Waals surface area contributed by atoms with Crippen LogP contribution in [0, 0.1) is 106 Å². The number of hydrogen-bond donors (Lipinski definition) is 0. The van der Waals surface area contributed by atoms with Crippen LogP contribution in [0.3, 0.4) is 0 Å². The van der Waals surface area contributed by atoms with E-state index in [1.807, 2.05) is 195 Å². The molecule has 8 heterocycles. The van der Waals surface area contributed by atoms with Gasteiger partial charge in [0.2, 0.25) is 0 Å². The van der Waals surface area contributed by atoms with Crippen molar-refractivity contribution in [3.05, 3.63) is 377 Å². The number of benzene rings is 8. The van der Waals surface area contributed by atoms with Gasteiger partial charge in [0.1, 0.15) is 0 Å². The summed E-state index contributed by atoms with van der Waals surface area (Å²) < 4.78 is 8.72. The number of aryl methyl sites for hydroxylation is 6. The topological polar surface area (TPSA) is 69.2 Å². The van der Waals surface area contributed by atoms with E-state index in [0.717, 1.165) is 115 Å². The number of hydrogen-bond acceptors (Lipinski definition) is 4. The second-order valence-corrected chi connectivity index (χ2v) is 26.9. The van der Waals surface area contributed by atoms with Gasteiger partial charge in [-0.05, 0) is 133 Å². The van der Waals surface area contributed by atoms with Crippen molar-refractivity contribution >= 4 is 43.6 Å². The van der Waals surface area contributed by atoms with E-state index in [1.165, 1.54) is 54.7 Å². The molecule has 106 heavy (non-hydrogen) atoms. The molecule has 0 bridgehead atoms. The molecule has 0 aliphatic rings. The van der Waals surface area contributed by atoms with Crippen molar-refractivity contribution in [2.45, 2.75) is 82.3 Å². The van der Waals surface area contributed by atoms with E-state index in [9.17, 15) is 0 Å². The molecule has 0 N–H and O–H groups in total. The van der Waals surface area contributed by atoms with Crippen molar-refractivity contribution in [3.8, 4) is 67.5 Å². The fraction of sp³-hybridized carbons (Fsp3) is 0.146. The molecule has 0 atom stereocenters. The summed E-state index contributed by atoms with van der Waals surface area (Å²) in [5.41, 5.74) is 26.4. The van der Waals surface area contributed by atoms with Crippen molar-refractivity contribution in [1.29, 1.82) is 0 Å². The number of nitrogens with zero attached hydrogens (tertiary/aromatic N) is 8. The third-order valence-electron chi connectivity index (χ3n) is 17.8. The quantitative estimate of drug-likeness (QED) is 0.101. The fourth-order valence-electron chi connectivity index (χ4n) is 12.4. The Balaban J connectivity index is 0.000000149. The average Bonchev–Trinajstić information content (AvgIpc) is 1.61. The van der Waals surface area contributed by atoms with Gasteiger partial charge in [0.05, 0.1) is 22.8 Å². The number of pyridine rings is 6. The molecule has 0 aliphatic heterocycles. The van der Waals surface area contributed by atoms with Crippen molar-refractivity contribution < 1.29 is 49.3 Å². The van der Waals surface area contributed by atoms with E-state index in [0.29, 0.717) is 11.8 Å². The van der Waals surface area contributed by atoms with Crippen LogP contribution in [0.4, 0.5) is 0 Å². The van der Waals surface area contributed by atoms with Crippen LogP contribution in [0.25, 0.3) is 111 Å². The predicted molar refractivity (Wildman–Crippen MR) is 433 cm³/mol. The van der Waals surface area contributed by atoms with Gasteiger partial charge in [-0.2, -0.15) is 37.1 Å². The molecule has 0 unspecified atom stereocenters. The molecular weight excluding hydrogens is 1650 g/mol. The molecule has 2 radical (unpaired) electrons. The van der Waals surface area contributed by atoms with Crippen molar-refractivity contribution in [1.82, 2.24) is 29.1 Å². The Morgan fingerprint density at radius 2 is 0.774 bits per heavy atom. The summed E-state index contributed by atoms with van der Waals surface area (Å²) >= 11 is 0. The summed E-state index contributed by atoms with van der Waals surface area (Å²) in [7, 11) is 8.05. The first-order valence-corrected chi connectivity index (χ1v) is 35.4. The SMILES string of the molecule is Cc1ccc(-c2[c-]cc3c(c2)c2ccccc2n3CC(C)C)nc1.Cc1ccc(-c2[c-]cc3c4ccccc4n(CC(C)C)c3c2)nc1.Cc1cccc(-c2[c-]cccc2)n1.Cc1cccc(-c2[c-]cccc2)n1.[CH2-]c1ccccc1-c1cccc(C)[n+]1[CH2-].[CH2-]c1ccccc1-c1cccc(C)[n+]1[CH2-].[Ir].[Ir]. The molecule has 16 rings (SSSR count). The summed E-state index contributed by atoms with van der Waals surface area (Å²) in [6, 6.07) is 104. The van der Waals surface area contributed by atoms with Gasteiger partial charge in [-0.25, -0.2) is 0 Å². The van der Waals surface area contributed by atoms with Crippen LogP contribution in [-0.2, 0) is 53.3 Å². The van der Waals surface area contributed by atoms with E-state index in [1.54, 1.807) is 0 Å². The molecule has 10 heteroatoms. The van der Waals surface area contributed by atoms with E-state index < -0.39 is 0 Å². The van der Waals surface area contributed by atoms with E-state index in [2.05, 4.69) is 244 Å². The second kappa shape index (κ2) is 37.7. The number of aromatic nitrogens is 8. The average molecular weight is 1740 g/mol. The molecule has 8 nitrogen and oxygen atoms in total. The van der Waals surface area contributed by atoms with Gasteiger partial charge in [-0.15, -0.1) is 155 Å². The first-order valence-electron chi connectivity index (χ1n) is 35.4. The Hall–Kier alpha value is -11.0. The van der Waals surface area contributed by atoms with E-state index >= 15 is 0 Å². The summed E-state index contributed by atoms with van der Waals surface area (Å²) in [6.07, 6.45) is 3.83. The second-order valence-electron chi connectivity index (χ2n) is 26.9. The van der Waals surface area contributed by atoms with Gasteiger partial charge >= 0.3 is 0 Å². The maximum atomic E-state index is 4.56. The van der Waals surface area contributed by atoms with Gasteiger partial charge in [0, 0.05) is 102 Å². The van der Waals surface area contributed by atoms with E-state index in [4.69, 9.17) is 0 Å². The van der Waals surface area contributed by atoms with Crippen LogP contribution in [0.2, 0.25) is 0 Å². The van der Waals surface area contributed by atoms with Crippen molar-refractivity contribution in [2.75, 3.05) is 0 Å². The largest absolute Gasteiger partial charge is 0.380 e. The standard InChI is InChI=1S/2C22H21N2.2C14H14N.2C12H10N.2Ir/c1-15(2)14-24-21-7-5-4-6-18(21)19-10-9-17(12-22(19)24)20-11-8-16(3)13-23-20;1-15(2)14-24-21-7-5-4-6-18(21)19-12-17(9-11-22(19)24)20-10-8-16(3)13-23-20;2*1-11-7-4-5-9-13(11)14-10-6-8-12(2)15(14)3;2*1-10-6-5-9-12(13-10)11-7-3-2-4-8-11;;/h2*4-8,10-13,15H,14H2,1-3H3;2*4-10H,1,3H2,2H3;2*2-7,9H,1H3;;/q6*-1;;. The monoisotopic (exact) mass is 1740 g/mol. The zero-order valence-electron chi connectivity index (χ0n) is 62.2. The minimum atomic E-state index is 0. The summed E-state index contributed by atoms with van der Waals surface area (Å²) in [4.78, 5) is 17.9. The minimum Gasteiger partial charge on any atom is -0.380 e. The van der Waals surface area contributed by atoms with E-state index in [-0.39, 0.29) is 40.2 Å². The van der Waals surface area contributed by atoms with Crippen LogP contribution < -0.4 is 9.13 Å². The van der Waals surface area contributed by atoms with Crippen molar-refractivity contribution in [3.63, 3.8) is 0 Å². The van der Waals surface area contributed by atoms with Gasteiger partial charge in [0.15, 0.2) is 0 Å². The number of rotatable bonds is 10. The predicted octanol–water partition coefficient (Wildman–Crippen LogP) is 22.5. The first-order chi connectivity index (χ1) is 50.4. The van der Waals surface area contributed by atoms with Crippen LogP contribution in [0.1, 0.15) is 72.7 Å². The molecular formula is C96H90Ir2N8-6. The Morgan fingerprint density at radius 1 is 0.358 bits per heavy atom. The summed E-state index contributed by atoms with van der Waals surface area (Å²) in [6.45, 7) is 31.3. The maximum Gasteiger partial charge on any atom is 0.0782 e. The van der Waals surface area contributed by atoms with Gasteiger partial charge in [-0.1, -0.05) is 172 Å². The van der Waals surface area contributed by atoms with Gasteiger partial charge in [0.25, 0.3) is 0 Å². The molecule has 0 amide bonds. The van der Waals surface area contributed by atoms with Crippen molar-refractivity contribution in [2.24, 2.45) is 11.8 Å². The molecule has 8 aromatic carbocycles. The number of para-hydroxylation sites is 2. The third kappa shape index (κ3) is 19.9. The molecule has 0 spiro atoms. The normalized spacial score (nSPS) is 10.6. The molecule has 16 aromatic rings. The molecule has 0 aliphatic carbocycles. The van der Waals surface area contributed by atoms with Gasteiger partial charge < -0.3 is 38.2 Å². The Morgan fingerprint density at radius 3 is 1.21 bits per heavy atom. The smallest absolute Gasteiger partial charge is 0.0782 e. The molecule has 0 fully saturated rings. The fourth-order valence-corrected chi connectivity index (χ4v) is 12.4. The first kappa shape index (κ1) is 79.2. The zero-order chi connectivity index (χ0) is 73.2.